The second-order valence-electron chi connectivity index (χ2n) is 5.44. The van der Waals surface area contributed by atoms with Crippen molar-refractivity contribution in [1.82, 2.24) is 15.3 Å². The van der Waals surface area contributed by atoms with Crippen molar-refractivity contribution in [3.05, 3.63) is 65.0 Å². The summed E-state index contributed by atoms with van der Waals surface area (Å²) in [6, 6.07) is 13.7. The SMILES string of the molecule is CCc1nc2ccc(C(=O)NCc3cccc(C)c3)cc2[nH]1. The number of imidazole rings is 1. The van der Waals surface area contributed by atoms with E-state index in [-0.39, 0.29) is 5.91 Å². The molecule has 2 N–H and O–H groups in total. The van der Waals surface area contributed by atoms with E-state index in [0.717, 1.165) is 28.8 Å². The Morgan fingerprint density at radius 2 is 2.09 bits per heavy atom. The highest BCUT2D eigenvalue weighted by Crippen LogP contribution is 2.14. The number of hydrogen-bond donors (Lipinski definition) is 2. The number of nitrogens with zero attached hydrogens (tertiary/aromatic N) is 1. The van der Waals surface area contributed by atoms with Crippen LogP contribution < -0.4 is 5.32 Å². The van der Waals surface area contributed by atoms with Crippen molar-refractivity contribution < 1.29 is 4.79 Å². The molecule has 1 heterocycles. The number of aryl methyl sites for hydroxylation is 2. The number of carbonyl (C=O) groups excluding carboxylic acids is 1. The summed E-state index contributed by atoms with van der Waals surface area (Å²) < 4.78 is 0. The molecule has 1 amide bonds. The van der Waals surface area contributed by atoms with E-state index in [1.807, 2.05) is 50.2 Å². The zero-order valence-electron chi connectivity index (χ0n) is 12.8. The third-order valence-electron chi connectivity index (χ3n) is 3.66. The molecule has 3 rings (SSSR count). The molecule has 0 saturated heterocycles. The van der Waals surface area contributed by atoms with Crippen LogP contribution in [0.2, 0.25) is 0 Å². The van der Waals surface area contributed by atoms with Crippen molar-refractivity contribution in [2.24, 2.45) is 0 Å². The maximum absolute atomic E-state index is 12.3. The molecule has 22 heavy (non-hydrogen) atoms. The third kappa shape index (κ3) is 3.01. The van der Waals surface area contributed by atoms with Crippen LogP contribution in [0.3, 0.4) is 0 Å². The van der Waals surface area contributed by atoms with Crippen LogP contribution in [0.1, 0.15) is 34.2 Å². The van der Waals surface area contributed by atoms with E-state index < -0.39 is 0 Å². The zero-order chi connectivity index (χ0) is 15.5. The van der Waals surface area contributed by atoms with Gasteiger partial charge in [-0.05, 0) is 30.7 Å². The van der Waals surface area contributed by atoms with Crippen LogP contribution >= 0.6 is 0 Å². The molecule has 112 valence electrons. The van der Waals surface area contributed by atoms with Crippen molar-refractivity contribution in [1.29, 1.82) is 0 Å². The Morgan fingerprint density at radius 3 is 2.86 bits per heavy atom. The summed E-state index contributed by atoms with van der Waals surface area (Å²) >= 11 is 0. The van der Waals surface area contributed by atoms with Gasteiger partial charge in [-0.1, -0.05) is 36.8 Å². The minimum Gasteiger partial charge on any atom is -0.348 e. The van der Waals surface area contributed by atoms with Crippen molar-refractivity contribution >= 4 is 16.9 Å². The highest BCUT2D eigenvalue weighted by molar-refractivity contribution is 5.97. The second kappa shape index (κ2) is 6.02. The molecule has 4 heteroatoms. The topological polar surface area (TPSA) is 57.8 Å². The highest BCUT2D eigenvalue weighted by atomic mass is 16.1. The Kier molecular flexibility index (Phi) is 3.92. The molecule has 4 nitrogen and oxygen atoms in total. The molecule has 3 aromatic rings. The van der Waals surface area contributed by atoms with Crippen molar-refractivity contribution in [3.8, 4) is 0 Å². The van der Waals surface area contributed by atoms with E-state index in [0.29, 0.717) is 12.1 Å². The Morgan fingerprint density at radius 1 is 1.23 bits per heavy atom. The number of benzene rings is 2. The molecule has 0 aliphatic carbocycles. The van der Waals surface area contributed by atoms with E-state index in [1.165, 1.54) is 5.56 Å². The third-order valence-corrected chi connectivity index (χ3v) is 3.66. The van der Waals surface area contributed by atoms with Crippen LogP contribution in [0.4, 0.5) is 0 Å². The van der Waals surface area contributed by atoms with Crippen LogP contribution in [0.5, 0.6) is 0 Å². The summed E-state index contributed by atoms with van der Waals surface area (Å²) in [4.78, 5) is 20.0. The maximum atomic E-state index is 12.3. The van der Waals surface area contributed by atoms with Crippen LogP contribution in [0.25, 0.3) is 11.0 Å². The number of fused-ring (bicyclic) bond motifs is 1. The van der Waals surface area contributed by atoms with Crippen molar-refractivity contribution in [2.45, 2.75) is 26.8 Å². The smallest absolute Gasteiger partial charge is 0.251 e. The van der Waals surface area contributed by atoms with Crippen molar-refractivity contribution in [3.63, 3.8) is 0 Å². The predicted molar refractivity (Wildman–Crippen MR) is 87.8 cm³/mol. The molecule has 0 unspecified atom stereocenters. The maximum Gasteiger partial charge on any atom is 0.251 e. The number of H-pyrrole nitrogens is 1. The summed E-state index contributed by atoms with van der Waals surface area (Å²) in [5.74, 6) is 0.864. The van der Waals surface area contributed by atoms with Crippen LogP contribution in [-0.4, -0.2) is 15.9 Å². The Balaban J connectivity index is 1.74. The van der Waals surface area contributed by atoms with Gasteiger partial charge in [-0.15, -0.1) is 0 Å². The van der Waals surface area contributed by atoms with Crippen LogP contribution in [-0.2, 0) is 13.0 Å². The molecule has 0 aliphatic rings. The van der Waals surface area contributed by atoms with Crippen LogP contribution in [0, 0.1) is 6.92 Å². The van der Waals surface area contributed by atoms with Gasteiger partial charge in [-0.25, -0.2) is 4.98 Å². The lowest BCUT2D eigenvalue weighted by molar-refractivity contribution is 0.0951. The minimum atomic E-state index is -0.0731. The average Bonchev–Trinajstić information content (AvgIpc) is 2.95. The Hall–Kier alpha value is -2.62. The molecular formula is C18H19N3O. The summed E-state index contributed by atoms with van der Waals surface area (Å²) in [5, 5.41) is 2.95. The summed E-state index contributed by atoms with van der Waals surface area (Å²) in [5.41, 5.74) is 4.74. The van der Waals surface area contributed by atoms with Gasteiger partial charge in [0.15, 0.2) is 0 Å². The average molecular weight is 293 g/mol. The highest BCUT2D eigenvalue weighted by Gasteiger charge is 2.08. The van der Waals surface area contributed by atoms with Gasteiger partial charge in [0.25, 0.3) is 5.91 Å². The zero-order valence-corrected chi connectivity index (χ0v) is 12.8. The van der Waals surface area contributed by atoms with Crippen molar-refractivity contribution in [2.75, 3.05) is 0 Å². The number of nitrogens with one attached hydrogen (secondary N) is 2. The first-order chi connectivity index (χ1) is 10.7. The summed E-state index contributed by atoms with van der Waals surface area (Å²) in [7, 11) is 0. The molecule has 1 aromatic heterocycles. The quantitative estimate of drug-likeness (QED) is 0.775. The molecule has 0 spiro atoms. The molecular weight excluding hydrogens is 274 g/mol. The lowest BCUT2D eigenvalue weighted by Gasteiger charge is -2.06. The molecule has 0 bridgehead atoms. The Labute approximate surface area is 129 Å². The van der Waals surface area contributed by atoms with Crippen LogP contribution in [0.15, 0.2) is 42.5 Å². The molecule has 0 atom stereocenters. The number of aromatic amines is 1. The van der Waals surface area contributed by atoms with E-state index in [4.69, 9.17) is 0 Å². The number of carbonyl (C=O) groups is 1. The summed E-state index contributed by atoms with van der Waals surface area (Å²) in [6.45, 7) is 4.62. The number of amides is 1. The van der Waals surface area contributed by atoms with E-state index in [2.05, 4.69) is 21.4 Å². The van der Waals surface area contributed by atoms with Gasteiger partial charge >= 0.3 is 0 Å². The van der Waals surface area contributed by atoms with E-state index in [1.54, 1.807) is 0 Å². The van der Waals surface area contributed by atoms with Gasteiger partial charge in [0, 0.05) is 18.5 Å². The first-order valence-electron chi connectivity index (χ1n) is 7.48. The molecule has 2 aromatic carbocycles. The standard InChI is InChI=1S/C18H19N3O/c1-3-17-20-15-8-7-14(10-16(15)21-17)18(22)19-11-13-6-4-5-12(2)9-13/h4-10H,3,11H2,1-2H3,(H,19,22)(H,20,21). The van der Waals surface area contributed by atoms with Gasteiger partial charge in [-0.2, -0.15) is 0 Å². The lowest BCUT2D eigenvalue weighted by Crippen LogP contribution is -2.22. The van der Waals surface area contributed by atoms with E-state index >= 15 is 0 Å². The summed E-state index contributed by atoms with van der Waals surface area (Å²) in [6.07, 6.45) is 0.851. The van der Waals surface area contributed by atoms with E-state index in [9.17, 15) is 4.79 Å². The number of hydrogen-bond acceptors (Lipinski definition) is 2. The van der Waals surface area contributed by atoms with Gasteiger partial charge in [-0.3, -0.25) is 4.79 Å². The number of rotatable bonds is 4. The fourth-order valence-electron chi connectivity index (χ4n) is 2.48. The van der Waals surface area contributed by atoms with Gasteiger partial charge in [0.1, 0.15) is 5.82 Å². The van der Waals surface area contributed by atoms with Gasteiger partial charge < -0.3 is 10.3 Å². The largest absolute Gasteiger partial charge is 0.348 e. The first kappa shape index (κ1) is 14.3. The normalized spacial score (nSPS) is 10.8. The fourth-order valence-corrected chi connectivity index (χ4v) is 2.48. The Bertz CT molecular complexity index is 820. The van der Waals surface area contributed by atoms with Gasteiger partial charge in [0.2, 0.25) is 0 Å². The molecule has 0 fully saturated rings. The first-order valence-corrected chi connectivity index (χ1v) is 7.48. The van der Waals surface area contributed by atoms with Gasteiger partial charge in [0.05, 0.1) is 11.0 Å². The number of aromatic nitrogens is 2. The molecule has 0 aliphatic heterocycles. The predicted octanol–water partition coefficient (Wildman–Crippen LogP) is 3.36. The second-order valence-corrected chi connectivity index (χ2v) is 5.44. The lowest BCUT2D eigenvalue weighted by atomic mass is 10.1. The minimum absolute atomic E-state index is 0.0731. The molecule has 0 radical (unpaired) electrons. The fraction of sp³-hybridized carbons (Fsp3) is 0.222. The molecule has 0 saturated carbocycles. The monoisotopic (exact) mass is 293 g/mol.